The van der Waals surface area contributed by atoms with E-state index in [-0.39, 0.29) is 29.2 Å². The Bertz CT molecular complexity index is 673. The summed E-state index contributed by atoms with van der Waals surface area (Å²) in [6.07, 6.45) is 6.28. The molecule has 0 unspecified atom stereocenters. The smallest absolute Gasteiger partial charge is 0.240 e. The molecule has 1 amide bonds. The topological polar surface area (TPSA) is 66.5 Å². The third-order valence-electron chi connectivity index (χ3n) is 3.84. The maximum Gasteiger partial charge on any atom is 0.240 e. The van der Waals surface area contributed by atoms with Crippen LogP contribution >= 0.6 is 23.2 Å². The average Bonchev–Trinajstić information content (AvgIpc) is 2.45. The highest BCUT2D eigenvalue weighted by atomic mass is 35.5. The van der Waals surface area contributed by atoms with Crippen molar-refractivity contribution in [3.05, 3.63) is 28.2 Å². The number of hydrogen-bond donors (Lipinski definition) is 1. The van der Waals surface area contributed by atoms with Crippen LogP contribution in [0.4, 0.5) is 5.69 Å². The molecule has 128 valence electrons. The summed E-state index contributed by atoms with van der Waals surface area (Å²) in [7, 11) is -3.64. The summed E-state index contributed by atoms with van der Waals surface area (Å²) >= 11 is 11.9. The predicted molar refractivity (Wildman–Crippen MR) is 93.7 cm³/mol. The fourth-order valence-corrected chi connectivity index (χ4v) is 4.14. The Morgan fingerprint density at radius 1 is 1.26 bits per heavy atom. The molecule has 1 aliphatic rings. The zero-order chi connectivity index (χ0) is 17.0. The van der Waals surface area contributed by atoms with E-state index < -0.39 is 10.0 Å². The monoisotopic (exact) mass is 378 g/mol. The Kier molecular flexibility index (Phi) is 6.17. The van der Waals surface area contributed by atoms with Gasteiger partial charge in [-0.15, -0.1) is 0 Å². The minimum absolute atomic E-state index is 0.123. The number of carbonyl (C=O) groups is 1. The minimum atomic E-state index is -3.64. The van der Waals surface area contributed by atoms with Gasteiger partial charge in [0, 0.05) is 11.1 Å². The molecule has 23 heavy (non-hydrogen) atoms. The second-order valence-electron chi connectivity index (χ2n) is 5.77. The van der Waals surface area contributed by atoms with Gasteiger partial charge in [-0.3, -0.25) is 9.10 Å². The van der Waals surface area contributed by atoms with Crippen LogP contribution in [0.15, 0.2) is 18.2 Å². The summed E-state index contributed by atoms with van der Waals surface area (Å²) in [6.45, 7) is -0.295. The highest BCUT2D eigenvalue weighted by Crippen LogP contribution is 2.30. The molecule has 0 bridgehead atoms. The predicted octanol–water partition coefficient (Wildman–Crippen LogP) is 3.21. The van der Waals surface area contributed by atoms with E-state index in [0.717, 1.165) is 36.2 Å². The third-order valence-corrected chi connectivity index (χ3v) is 5.50. The molecule has 0 heterocycles. The number of benzene rings is 1. The number of amides is 1. The lowest BCUT2D eigenvalue weighted by Crippen LogP contribution is -2.44. The fourth-order valence-electron chi connectivity index (χ4n) is 2.72. The van der Waals surface area contributed by atoms with Gasteiger partial charge < -0.3 is 5.32 Å². The zero-order valence-electron chi connectivity index (χ0n) is 12.9. The van der Waals surface area contributed by atoms with E-state index in [1.165, 1.54) is 18.6 Å². The Morgan fingerprint density at radius 2 is 1.91 bits per heavy atom. The Morgan fingerprint density at radius 3 is 2.48 bits per heavy atom. The van der Waals surface area contributed by atoms with Crippen molar-refractivity contribution in [1.82, 2.24) is 5.32 Å². The Balaban J connectivity index is 2.14. The first-order valence-corrected chi connectivity index (χ1v) is 10.1. The first-order chi connectivity index (χ1) is 10.8. The van der Waals surface area contributed by atoms with Crippen molar-refractivity contribution in [3.8, 4) is 0 Å². The van der Waals surface area contributed by atoms with Crippen molar-refractivity contribution in [1.29, 1.82) is 0 Å². The third kappa shape index (κ3) is 5.26. The maximum absolute atomic E-state index is 12.2. The second kappa shape index (κ2) is 7.73. The number of carbonyl (C=O) groups excluding carboxylic acids is 1. The van der Waals surface area contributed by atoms with Crippen LogP contribution in [0.3, 0.4) is 0 Å². The van der Waals surface area contributed by atoms with Crippen LogP contribution in [-0.2, 0) is 14.8 Å². The molecule has 1 fully saturated rings. The second-order valence-corrected chi connectivity index (χ2v) is 8.52. The first kappa shape index (κ1) is 18.4. The number of nitrogens with zero attached hydrogens (tertiary/aromatic N) is 1. The van der Waals surface area contributed by atoms with Gasteiger partial charge in [0.05, 0.1) is 17.0 Å². The van der Waals surface area contributed by atoms with Crippen LogP contribution in [0.25, 0.3) is 0 Å². The molecule has 0 saturated heterocycles. The zero-order valence-corrected chi connectivity index (χ0v) is 15.2. The average molecular weight is 379 g/mol. The molecule has 1 aliphatic carbocycles. The van der Waals surface area contributed by atoms with Crippen molar-refractivity contribution in [2.24, 2.45) is 0 Å². The van der Waals surface area contributed by atoms with Crippen LogP contribution in [0, 0.1) is 0 Å². The molecule has 0 spiro atoms. The van der Waals surface area contributed by atoms with E-state index in [1.54, 1.807) is 6.07 Å². The number of nitrogens with one attached hydrogen (secondary N) is 1. The van der Waals surface area contributed by atoms with Crippen LogP contribution < -0.4 is 9.62 Å². The largest absolute Gasteiger partial charge is 0.352 e. The van der Waals surface area contributed by atoms with Gasteiger partial charge >= 0.3 is 0 Å². The van der Waals surface area contributed by atoms with Gasteiger partial charge in [-0.2, -0.15) is 0 Å². The lowest BCUT2D eigenvalue weighted by Gasteiger charge is -2.26. The molecule has 1 N–H and O–H groups in total. The summed E-state index contributed by atoms with van der Waals surface area (Å²) in [4.78, 5) is 12.2. The number of halogens is 2. The fraction of sp³-hybridized carbons (Fsp3) is 0.533. The van der Waals surface area contributed by atoms with E-state index in [2.05, 4.69) is 5.32 Å². The number of hydrogen-bond acceptors (Lipinski definition) is 3. The lowest BCUT2D eigenvalue weighted by atomic mass is 9.95. The van der Waals surface area contributed by atoms with E-state index in [0.29, 0.717) is 5.02 Å². The van der Waals surface area contributed by atoms with E-state index >= 15 is 0 Å². The number of sulfonamides is 1. The van der Waals surface area contributed by atoms with Gasteiger partial charge in [0.1, 0.15) is 6.54 Å². The van der Waals surface area contributed by atoms with E-state index in [1.807, 2.05) is 0 Å². The van der Waals surface area contributed by atoms with Gasteiger partial charge in [-0.05, 0) is 31.0 Å². The van der Waals surface area contributed by atoms with Gasteiger partial charge in [0.15, 0.2) is 0 Å². The lowest BCUT2D eigenvalue weighted by molar-refractivity contribution is -0.120. The Labute approximate surface area is 147 Å². The van der Waals surface area contributed by atoms with Gasteiger partial charge in [0.25, 0.3) is 0 Å². The van der Waals surface area contributed by atoms with Gasteiger partial charge in [0.2, 0.25) is 15.9 Å². The first-order valence-electron chi connectivity index (χ1n) is 7.49. The quantitative estimate of drug-likeness (QED) is 0.854. The van der Waals surface area contributed by atoms with Gasteiger partial charge in [-0.1, -0.05) is 42.5 Å². The van der Waals surface area contributed by atoms with Crippen molar-refractivity contribution in [2.45, 2.75) is 38.1 Å². The molecular formula is C15H20Cl2N2O3S. The minimum Gasteiger partial charge on any atom is -0.352 e. The summed E-state index contributed by atoms with van der Waals surface area (Å²) in [5.41, 5.74) is 0.248. The Hall–Kier alpha value is -0.980. The van der Waals surface area contributed by atoms with Crippen LogP contribution in [0.1, 0.15) is 32.1 Å². The normalized spacial score (nSPS) is 16.1. The van der Waals surface area contributed by atoms with Crippen molar-refractivity contribution in [2.75, 3.05) is 17.1 Å². The SMILES string of the molecule is CS(=O)(=O)N(CC(=O)NC1CCCCC1)c1ccc(Cl)cc1Cl. The highest BCUT2D eigenvalue weighted by molar-refractivity contribution is 7.92. The molecule has 1 aromatic carbocycles. The molecular weight excluding hydrogens is 359 g/mol. The molecule has 8 heteroatoms. The molecule has 0 atom stereocenters. The molecule has 0 aliphatic heterocycles. The standard InChI is InChI=1S/C15H20Cl2N2O3S/c1-23(21,22)19(14-8-7-11(16)9-13(14)17)10-15(20)18-12-5-3-2-4-6-12/h7-9,12H,2-6,10H2,1H3,(H,18,20). The van der Waals surface area contributed by atoms with Crippen molar-refractivity contribution >= 4 is 44.8 Å². The van der Waals surface area contributed by atoms with Crippen molar-refractivity contribution in [3.63, 3.8) is 0 Å². The van der Waals surface area contributed by atoms with E-state index in [9.17, 15) is 13.2 Å². The van der Waals surface area contributed by atoms with E-state index in [4.69, 9.17) is 23.2 Å². The molecule has 2 rings (SSSR count). The van der Waals surface area contributed by atoms with Crippen LogP contribution in [0.2, 0.25) is 10.0 Å². The number of anilines is 1. The molecule has 1 aromatic rings. The van der Waals surface area contributed by atoms with Gasteiger partial charge in [-0.25, -0.2) is 8.42 Å². The van der Waals surface area contributed by atoms with Crippen LogP contribution in [0.5, 0.6) is 0 Å². The molecule has 0 radical (unpaired) electrons. The summed E-state index contributed by atoms with van der Waals surface area (Å²) in [5, 5.41) is 3.50. The van der Waals surface area contributed by atoms with Crippen LogP contribution in [-0.4, -0.2) is 33.2 Å². The summed E-state index contributed by atoms with van der Waals surface area (Å²) in [6, 6.07) is 4.62. The molecule has 1 saturated carbocycles. The van der Waals surface area contributed by atoms with Crippen molar-refractivity contribution < 1.29 is 13.2 Å². The molecule has 5 nitrogen and oxygen atoms in total. The maximum atomic E-state index is 12.2. The summed E-state index contributed by atoms with van der Waals surface area (Å²) in [5.74, 6) is -0.326. The summed E-state index contributed by atoms with van der Waals surface area (Å²) < 4.78 is 25.1. The highest BCUT2D eigenvalue weighted by Gasteiger charge is 2.24. The number of rotatable bonds is 5. The molecule has 0 aromatic heterocycles.